The summed E-state index contributed by atoms with van der Waals surface area (Å²) in [5.74, 6) is -9.00. The highest BCUT2D eigenvalue weighted by atomic mass is 32.2. The Morgan fingerprint density at radius 2 is 1.60 bits per heavy atom. The van der Waals surface area contributed by atoms with Crippen LogP contribution in [0.5, 0.6) is 23.0 Å². The Hall–Kier alpha value is -6.80. The number of likely N-dealkylation sites (N-methyl/N-ethyl adjacent to an activating group) is 1. The Kier molecular flexibility index (Phi) is 17.1. The number of nitrogens with two attached hydrogens (primary N) is 4. The number of hydrogen-bond acceptors (Lipinski definition) is 18. The molecule has 0 unspecified atom stereocenters. The van der Waals surface area contributed by atoms with E-state index in [2.05, 4.69) is 33.9 Å². The van der Waals surface area contributed by atoms with Gasteiger partial charge in [0.15, 0.2) is 28.9 Å². The highest BCUT2D eigenvalue weighted by Gasteiger charge is 2.38. The zero-order valence-electron chi connectivity index (χ0n) is 41.0. The minimum absolute atomic E-state index is 0.0212. The van der Waals surface area contributed by atoms with Gasteiger partial charge in [-0.3, -0.25) is 19.2 Å². The molecular formula is C49H63N9O14S. The molecule has 1 aliphatic carbocycles. The Bertz CT molecular complexity index is 2890. The SMILES string of the molecule is Cc1nc(-c2cc3c(cc2O)C(C)(C)CC3)nc(N)c1C(=O)C[C@@H](CNS(N)(=O)=O)C(=O)N(C)[C@@H]1C(=O)C[C@@H](C)C(=O)N[C@H](C(=O)O)Cc2ccc(OC[C@H](O)CN)c(c2)-c2cc1cc(OC[C@H](O)CN)c2O. The number of aliphatic hydroxyl groups is 2. The van der Waals surface area contributed by atoms with Gasteiger partial charge in [-0.2, -0.15) is 8.42 Å². The number of carbonyl (C=O) groups excluding carboxylic acids is 4. The lowest BCUT2D eigenvalue weighted by Gasteiger charge is -2.32. The monoisotopic (exact) mass is 1030 g/mol. The van der Waals surface area contributed by atoms with Crippen LogP contribution in [-0.4, -0.2) is 136 Å². The van der Waals surface area contributed by atoms with Crippen LogP contribution in [-0.2, 0) is 47.6 Å². The number of Topliss-reactive ketones (excluding diaryl/α,β-unsaturated/α-hetero) is 2. The molecule has 0 radical (unpaired) electrons. The molecule has 394 valence electrons. The molecule has 6 rings (SSSR count). The van der Waals surface area contributed by atoms with Crippen molar-refractivity contribution in [1.82, 2.24) is 24.9 Å². The topological polar surface area (TPSA) is 396 Å². The van der Waals surface area contributed by atoms with E-state index in [1.807, 2.05) is 0 Å². The van der Waals surface area contributed by atoms with Crippen molar-refractivity contribution in [3.8, 4) is 45.5 Å². The van der Waals surface area contributed by atoms with Crippen LogP contribution >= 0.6 is 0 Å². The Morgan fingerprint density at radius 3 is 2.22 bits per heavy atom. The summed E-state index contributed by atoms with van der Waals surface area (Å²) in [5, 5.41) is 61.7. The van der Waals surface area contributed by atoms with Crippen LogP contribution in [0.25, 0.3) is 22.5 Å². The van der Waals surface area contributed by atoms with Crippen molar-refractivity contribution in [2.75, 3.05) is 45.6 Å². The van der Waals surface area contributed by atoms with Crippen LogP contribution in [0, 0.1) is 18.8 Å². The second-order valence-corrected chi connectivity index (χ2v) is 20.6. The van der Waals surface area contributed by atoms with E-state index in [4.69, 9.17) is 31.8 Å². The van der Waals surface area contributed by atoms with Crippen LogP contribution in [0.3, 0.4) is 0 Å². The minimum Gasteiger partial charge on any atom is -0.507 e. The Balaban J connectivity index is 1.47. The van der Waals surface area contributed by atoms with Crippen LogP contribution in [0.2, 0.25) is 0 Å². The molecule has 23 nitrogen and oxygen atoms in total. The van der Waals surface area contributed by atoms with E-state index in [9.17, 15) is 53.1 Å². The first kappa shape index (κ1) is 55.5. The first-order valence-corrected chi connectivity index (χ1v) is 24.9. The van der Waals surface area contributed by atoms with Crippen LogP contribution in [0.4, 0.5) is 5.82 Å². The second-order valence-electron chi connectivity index (χ2n) is 19.2. The highest BCUT2D eigenvalue weighted by Crippen LogP contribution is 2.46. The second kappa shape index (κ2) is 22.5. The van der Waals surface area contributed by atoms with E-state index in [0.29, 0.717) is 5.56 Å². The zero-order chi connectivity index (χ0) is 53.9. The molecule has 3 aromatic carbocycles. The molecule has 1 aromatic heterocycles. The summed E-state index contributed by atoms with van der Waals surface area (Å²) in [4.78, 5) is 80.2. The Labute approximate surface area is 421 Å². The van der Waals surface area contributed by atoms with Gasteiger partial charge < -0.3 is 62.4 Å². The van der Waals surface area contributed by atoms with E-state index in [0.717, 1.165) is 28.9 Å². The molecule has 24 heteroatoms. The van der Waals surface area contributed by atoms with E-state index in [1.165, 1.54) is 51.2 Å². The number of amides is 2. The number of carbonyl (C=O) groups is 5. The molecule has 73 heavy (non-hydrogen) atoms. The summed E-state index contributed by atoms with van der Waals surface area (Å²) in [6.45, 7) is 4.93. The van der Waals surface area contributed by atoms with Crippen molar-refractivity contribution in [2.24, 2.45) is 28.4 Å². The van der Waals surface area contributed by atoms with Crippen molar-refractivity contribution < 1.29 is 67.4 Å². The predicted octanol–water partition coefficient (Wildman–Crippen LogP) is 0.636. The number of rotatable bonds is 18. The number of ether oxygens (including phenoxy) is 2. The van der Waals surface area contributed by atoms with Crippen LogP contribution in [0.15, 0.2) is 42.5 Å². The third kappa shape index (κ3) is 12.9. The number of phenolic OH excluding ortho intramolecular Hbond substituents is 2. The number of carboxylic acids is 1. The third-order valence-corrected chi connectivity index (χ3v) is 13.7. The van der Waals surface area contributed by atoms with Gasteiger partial charge in [-0.25, -0.2) is 24.6 Å². The largest absolute Gasteiger partial charge is 0.507 e. The number of benzene rings is 3. The maximum Gasteiger partial charge on any atom is 0.326 e. The van der Waals surface area contributed by atoms with Gasteiger partial charge in [0.1, 0.15) is 54.8 Å². The van der Waals surface area contributed by atoms with Crippen molar-refractivity contribution in [3.05, 3.63) is 76.0 Å². The molecule has 0 saturated carbocycles. The van der Waals surface area contributed by atoms with Gasteiger partial charge in [0.2, 0.25) is 11.8 Å². The molecule has 0 fully saturated rings. The van der Waals surface area contributed by atoms with E-state index < -0.39 is 107 Å². The minimum atomic E-state index is -4.52. The van der Waals surface area contributed by atoms with E-state index in [1.54, 1.807) is 12.1 Å². The molecule has 2 aliphatic rings. The number of ketones is 2. The maximum absolute atomic E-state index is 15.0. The fourth-order valence-electron chi connectivity index (χ4n) is 9.03. The highest BCUT2D eigenvalue weighted by molar-refractivity contribution is 7.87. The number of fused-ring (bicyclic) bond motifs is 6. The van der Waals surface area contributed by atoms with E-state index >= 15 is 4.79 Å². The van der Waals surface area contributed by atoms with Gasteiger partial charge in [0, 0.05) is 63.0 Å². The van der Waals surface area contributed by atoms with Crippen molar-refractivity contribution in [3.63, 3.8) is 0 Å². The number of aryl methyl sites for hydroxylation is 2. The molecule has 6 atom stereocenters. The number of nitrogens with zero attached hydrogens (tertiary/aromatic N) is 3. The van der Waals surface area contributed by atoms with Gasteiger partial charge >= 0.3 is 5.97 Å². The fraction of sp³-hybridized carbons (Fsp3) is 0.449. The van der Waals surface area contributed by atoms with Gasteiger partial charge in [-0.15, -0.1) is 0 Å². The lowest BCUT2D eigenvalue weighted by molar-refractivity contribution is -0.143. The molecule has 2 amide bonds. The molecule has 0 spiro atoms. The third-order valence-electron chi connectivity index (χ3n) is 13.1. The van der Waals surface area contributed by atoms with Crippen LogP contribution in [0.1, 0.15) is 84.4 Å². The van der Waals surface area contributed by atoms with Crippen LogP contribution < -0.4 is 41.9 Å². The zero-order valence-corrected chi connectivity index (χ0v) is 41.9. The molecule has 4 bridgehead atoms. The molecule has 2 heterocycles. The van der Waals surface area contributed by atoms with Crippen molar-refractivity contribution >= 4 is 45.4 Å². The van der Waals surface area contributed by atoms with Crippen molar-refractivity contribution in [1.29, 1.82) is 0 Å². The quantitative estimate of drug-likeness (QED) is 0.0609. The lowest BCUT2D eigenvalue weighted by atomic mass is 9.86. The van der Waals surface area contributed by atoms with Gasteiger partial charge in [-0.1, -0.05) is 26.8 Å². The molecule has 4 aromatic rings. The lowest BCUT2D eigenvalue weighted by Crippen LogP contribution is -2.46. The number of anilines is 1. The fourth-order valence-corrected chi connectivity index (χ4v) is 9.46. The normalized spacial score (nSPS) is 18.9. The predicted molar refractivity (Wildman–Crippen MR) is 265 cm³/mol. The summed E-state index contributed by atoms with van der Waals surface area (Å²) in [6, 6.07) is 7.09. The van der Waals surface area contributed by atoms with Gasteiger partial charge in [-0.05, 0) is 83.8 Å². The van der Waals surface area contributed by atoms with Gasteiger partial charge in [0.25, 0.3) is 10.2 Å². The first-order chi connectivity index (χ1) is 34.2. The number of phenols is 2. The average Bonchev–Trinajstić information content (AvgIpc) is 3.62. The number of hydrogen-bond donors (Lipinski definition) is 11. The standard InChI is InChI=1S/C49H63N9O14S/c1-23-10-38(63)42(27-14-32(43(64)40(16-27)72-22-30(60)19-51)31-11-25(12-35(48(67)68)56-46(23)65)6-7-39(31)71-21-29(59)18-50)58(5)47(66)28(20-54-73(53,69)70)15-37(62)41-24(2)55-45(57-44(41)52)33-13-26-8-9-49(3,4)34(26)17-36(33)61/h6-7,11,13-14,16-17,23,28-30,35,42,54,59-61,64H,8-10,12,15,18-22,50-51H2,1-5H3,(H,56,65)(H,67,68)(H2,52,55,57)(H2,53,69,70)/t23-,28+,29-,30-,35+,42+/m1/s1. The number of aliphatic hydroxyl groups excluding tert-OH is 2. The number of aromatic nitrogens is 2. The number of aromatic hydroxyl groups is 2. The maximum atomic E-state index is 15.0. The molecule has 1 aliphatic heterocycles. The number of aliphatic carboxylic acids is 1. The molecule has 15 N–H and O–H groups in total. The smallest absolute Gasteiger partial charge is 0.326 e. The summed E-state index contributed by atoms with van der Waals surface area (Å²) in [5.41, 5.74) is 19.8. The van der Waals surface area contributed by atoms with Gasteiger partial charge in [0.05, 0.1) is 22.7 Å². The number of nitrogen functional groups attached to an aromatic ring is 1. The summed E-state index contributed by atoms with van der Waals surface area (Å²) >= 11 is 0. The summed E-state index contributed by atoms with van der Waals surface area (Å²) in [7, 11) is -3.33. The van der Waals surface area contributed by atoms with E-state index in [-0.39, 0.29) is 93.9 Å². The summed E-state index contributed by atoms with van der Waals surface area (Å²) in [6.07, 6.45) is -2.45. The average molecular weight is 1030 g/mol. The first-order valence-electron chi connectivity index (χ1n) is 23.4. The Morgan fingerprint density at radius 1 is 0.945 bits per heavy atom. The molecule has 0 saturated heterocycles. The summed E-state index contributed by atoms with van der Waals surface area (Å²) < 4.78 is 38.5. The number of carboxylic acid groups (broad SMARTS) is 1. The number of nitrogens with one attached hydrogen (secondary N) is 2. The van der Waals surface area contributed by atoms with Crippen molar-refractivity contribution in [2.45, 2.75) is 89.5 Å². The molecular weight excluding hydrogens is 971 g/mol.